The molecule has 0 aliphatic rings. The van der Waals surface area contributed by atoms with Gasteiger partial charge in [0.1, 0.15) is 5.75 Å². The van der Waals surface area contributed by atoms with E-state index < -0.39 is 0 Å². The first-order valence-electron chi connectivity index (χ1n) is 11.0. The van der Waals surface area contributed by atoms with Crippen molar-refractivity contribution < 1.29 is 4.74 Å². The average molecular weight is 409 g/mol. The minimum absolute atomic E-state index is 0.263. The zero-order chi connectivity index (χ0) is 21.4. The van der Waals surface area contributed by atoms with Gasteiger partial charge in [0.15, 0.2) is 0 Å². The smallest absolute Gasteiger partial charge is 0.119 e. The third-order valence-electron chi connectivity index (χ3n) is 6.35. The van der Waals surface area contributed by atoms with Gasteiger partial charge in [-0.1, -0.05) is 48.5 Å². The maximum Gasteiger partial charge on any atom is 0.119 e. The minimum Gasteiger partial charge on any atom is -0.497 e. The first kappa shape index (κ1) is 19.7. The van der Waals surface area contributed by atoms with E-state index in [1.807, 2.05) is 6.07 Å². The lowest BCUT2D eigenvalue weighted by atomic mass is 9.99. The molecular formula is C28H28N2O. The Bertz CT molecular complexity index is 1380. The third-order valence-corrected chi connectivity index (χ3v) is 6.35. The zero-order valence-electron chi connectivity index (χ0n) is 18.4. The summed E-state index contributed by atoms with van der Waals surface area (Å²) in [6.45, 7) is 6.21. The summed E-state index contributed by atoms with van der Waals surface area (Å²) in [4.78, 5) is 0. The van der Waals surface area contributed by atoms with E-state index in [2.05, 4.69) is 96.5 Å². The third kappa shape index (κ3) is 3.45. The Labute approximate surface area is 183 Å². The fourth-order valence-corrected chi connectivity index (χ4v) is 4.72. The Morgan fingerprint density at radius 1 is 0.839 bits per heavy atom. The second-order valence-electron chi connectivity index (χ2n) is 8.15. The van der Waals surface area contributed by atoms with Gasteiger partial charge in [-0.05, 0) is 66.1 Å². The van der Waals surface area contributed by atoms with Crippen molar-refractivity contribution in [2.75, 3.05) is 7.11 Å². The highest BCUT2D eigenvalue weighted by Gasteiger charge is 2.13. The topological polar surface area (TPSA) is 26.2 Å². The van der Waals surface area contributed by atoms with Crippen molar-refractivity contribution in [3.8, 4) is 5.75 Å². The van der Waals surface area contributed by atoms with Crippen LogP contribution in [0.3, 0.4) is 0 Å². The summed E-state index contributed by atoms with van der Waals surface area (Å²) >= 11 is 0. The van der Waals surface area contributed by atoms with Crippen molar-refractivity contribution in [3.05, 3.63) is 90.0 Å². The molecule has 3 heteroatoms. The number of aryl methyl sites for hydroxylation is 1. The van der Waals surface area contributed by atoms with Gasteiger partial charge in [-0.15, -0.1) is 0 Å². The number of fused-ring (bicyclic) bond motifs is 4. The van der Waals surface area contributed by atoms with E-state index in [9.17, 15) is 0 Å². The highest BCUT2D eigenvalue weighted by Crippen LogP contribution is 2.32. The molecule has 5 rings (SSSR count). The average Bonchev–Trinajstić information content (AvgIpc) is 3.14. The van der Waals surface area contributed by atoms with Crippen molar-refractivity contribution in [2.45, 2.75) is 33.0 Å². The second-order valence-corrected chi connectivity index (χ2v) is 8.15. The van der Waals surface area contributed by atoms with Gasteiger partial charge in [-0.3, -0.25) is 0 Å². The lowest BCUT2D eigenvalue weighted by Crippen LogP contribution is -2.18. The number of ether oxygens (including phenoxy) is 1. The maximum atomic E-state index is 5.49. The van der Waals surface area contributed by atoms with Gasteiger partial charge in [0.25, 0.3) is 0 Å². The zero-order valence-corrected chi connectivity index (χ0v) is 18.4. The molecule has 0 spiro atoms. The van der Waals surface area contributed by atoms with Crippen LogP contribution in [0.2, 0.25) is 0 Å². The van der Waals surface area contributed by atoms with Crippen LogP contribution < -0.4 is 10.1 Å². The monoisotopic (exact) mass is 408 g/mol. The van der Waals surface area contributed by atoms with E-state index >= 15 is 0 Å². The van der Waals surface area contributed by atoms with E-state index in [-0.39, 0.29) is 6.04 Å². The molecule has 1 atom stereocenters. The molecule has 3 nitrogen and oxygen atoms in total. The van der Waals surface area contributed by atoms with E-state index in [1.165, 1.54) is 43.7 Å². The molecule has 1 N–H and O–H groups in total. The molecule has 0 saturated heterocycles. The molecule has 0 bridgehead atoms. The Morgan fingerprint density at radius 2 is 1.58 bits per heavy atom. The van der Waals surface area contributed by atoms with Crippen LogP contribution in [0.5, 0.6) is 5.75 Å². The molecule has 0 radical (unpaired) electrons. The molecule has 0 fully saturated rings. The fraction of sp³-hybridized carbons (Fsp3) is 0.214. The van der Waals surface area contributed by atoms with Gasteiger partial charge in [0, 0.05) is 40.9 Å². The summed E-state index contributed by atoms with van der Waals surface area (Å²) in [5, 5.41) is 8.87. The van der Waals surface area contributed by atoms with Gasteiger partial charge in [-0.25, -0.2) is 0 Å². The SMILES string of the molecule is CCn1c2ccc(CNC(C)c3cccc4ccccc34)cc2c2cc(OC)ccc21. The quantitative estimate of drug-likeness (QED) is 0.333. The minimum atomic E-state index is 0.263. The summed E-state index contributed by atoms with van der Waals surface area (Å²) in [6, 6.07) is 28.6. The second kappa shape index (κ2) is 8.09. The molecule has 0 aliphatic carbocycles. The molecule has 1 heterocycles. The van der Waals surface area contributed by atoms with Crippen LogP contribution in [-0.4, -0.2) is 11.7 Å². The molecular weight excluding hydrogens is 380 g/mol. The van der Waals surface area contributed by atoms with Gasteiger partial charge >= 0.3 is 0 Å². The number of hydrogen-bond acceptors (Lipinski definition) is 2. The van der Waals surface area contributed by atoms with Gasteiger partial charge in [0.2, 0.25) is 0 Å². The Morgan fingerprint density at radius 3 is 2.39 bits per heavy atom. The number of aromatic nitrogens is 1. The largest absolute Gasteiger partial charge is 0.497 e. The Kier molecular flexibility index (Phi) is 5.13. The van der Waals surface area contributed by atoms with E-state index in [0.717, 1.165) is 18.8 Å². The van der Waals surface area contributed by atoms with Gasteiger partial charge in [-0.2, -0.15) is 0 Å². The lowest BCUT2D eigenvalue weighted by Gasteiger charge is -2.17. The predicted molar refractivity (Wildman–Crippen MR) is 131 cm³/mol. The van der Waals surface area contributed by atoms with Crippen LogP contribution in [-0.2, 0) is 13.1 Å². The Balaban J connectivity index is 1.47. The normalized spacial score (nSPS) is 12.6. The molecule has 1 aromatic heterocycles. The number of hydrogen-bond donors (Lipinski definition) is 1. The van der Waals surface area contributed by atoms with Crippen LogP contribution in [0.25, 0.3) is 32.6 Å². The molecule has 1 unspecified atom stereocenters. The van der Waals surface area contributed by atoms with Crippen molar-refractivity contribution in [2.24, 2.45) is 0 Å². The van der Waals surface area contributed by atoms with Crippen LogP contribution in [0.1, 0.15) is 31.0 Å². The number of methoxy groups -OCH3 is 1. The van der Waals surface area contributed by atoms with Crippen LogP contribution in [0, 0.1) is 0 Å². The molecule has 0 saturated carbocycles. The van der Waals surface area contributed by atoms with Gasteiger partial charge in [0.05, 0.1) is 7.11 Å². The van der Waals surface area contributed by atoms with Crippen LogP contribution in [0.15, 0.2) is 78.9 Å². The molecule has 156 valence electrons. The Hall–Kier alpha value is -3.30. The lowest BCUT2D eigenvalue weighted by molar-refractivity contribution is 0.415. The van der Waals surface area contributed by atoms with Gasteiger partial charge < -0.3 is 14.6 Å². The molecule has 5 aromatic rings. The number of rotatable bonds is 6. The van der Waals surface area contributed by atoms with Crippen molar-refractivity contribution in [3.63, 3.8) is 0 Å². The molecule has 4 aromatic carbocycles. The molecule has 0 aliphatic heterocycles. The summed E-state index contributed by atoms with van der Waals surface area (Å²) in [5.41, 5.74) is 5.16. The first-order valence-corrected chi connectivity index (χ1v) is 11.0. The van der Waals surface area contributed by atoms with Crippen LogP contribution in [0.4, 0.5) is 0 Å². The molecule has 31 heavy (non-hydrogen) atoms. The van der Waals surface area contributed by atoms with E-state index in [0.29, 0.717) is 0 Å². The summed E-state index contributed by atoms with van der Waals surface area (Å²) in [7, 11) is 1.73. The maximum absolute atomic E-state index is 5.49. The number of benzene rings is 4. The number of nitrogens with one attached hydrogen (secondary N) is 1. The standard InChI is InChI=1S/C28H28N2O/c1-4-30-27-14-12-20(16-25(27)26-17-22(31-3)13-15-28(26)30)18-29-19(2)23-11-7-9-21-8-5-6-10-24(21)23/h5-17,19,29H,4,18H2,1-3H3. The predicted octanol–water partition coefficient (Wildman–Crippen LogP) is 6.83. The highest BCUT2D eigenvalue weighted by atomic mass is 16.5. The molecule has 0 amide bonds. The fourth-order valence-electron chi connectivity index (χ4n) is 4.72. The van der Waals surface area contributed by atoms with Crippen molar-refractivity contribution >= 4 is 32.6 Å². The van der Waals surface area contributed by atoms with Crippen LogP contribution >= 0.6 is 0 Å². The van der Waals surface area contributed by atoms with E-state index in [4.69, 9.17) is 4.74 Å². The summed E-state index contributed by atoms with van der Waals surface area (Å²) in [5.74, 6) is 0.899. The van der Waals surface area contributed by atoms with Crippen molar-refractivity contribution in [1.82, 2.24) is 9.88 Å². The first-order chi connectivity index (χ1) is 15.2. The summed E-state index contributed by atoms with van der Waals surface area (Å²) < 4.78 is 7.86. The van der Waals surface area contributed by atoms with E-state index in [1.54, 1.807) is 7.11 Å². The number of nitrogens with zero attached hydrogens (tertiary/aromatic N) is 1. The highest BCUT2D eigenvalue weighted by molar-refractivity contribution is 6.08. The summed E-state index contributed by atoms with van der Waals surface area (Å²) in [6.07, 6.45) is 0. The van der Waals surface area contributed by atoms with Crippen molar-refractivity contribution in [1.29, 1.82) is 0 Å².